The molecule has 1 aliphatic carbocycles. The van der Waals surface area contributed by atoms with Crippen LogP contribution in [0.2, 0.25) is 0 Å². The molecular formula is C21H20O3. The molecule has 1 aliphatic rings. The van der Waals surface area contributed by atoms with Gasteiger partial charge in [-0.15, -0.1) is 0 Å². The molecule has 0 radical (unpaired) electrons. The second-order valence-electron chi connectivity index (χ2n) is 6.46. The van der Waals surface area contributed by atoms with Crippen LogP contribution in [0.25, 0.3) is 11.0 Å². The van der Waals surface area contributed by atoms with Crippen molar-refractivity contribution in [3.8, 4) is 5.75 Å². The van der Waals surface area contributed by atoms with Gasteiger partial charge in [-0.05, 0) is 61.4 Å². The van der Waals surface area contributed by atoms with Crippen LogP contribution < -0.4 is 10.4 Å². The van der Waals surface area contributed by atoms with Crippen LogP contribution in [0.15, 0.2) is 51.7 Å². The summed E-state index contributed by atoms with van der Waals surface area (Å²) in [6.07, 6.45) is 3.88. The summed E-state index contributed by atoms with van der Waals surface area (Å²) in [7, 11) is 0. The first-order chi connectivity index (χ1) is 11.7. The van der Waals surface area contributed by atoms with Crippen molar-refractivity contribution >= 4 is 11.0 Å². The lowest BCUT2D eigenvalue weighted by Gasteiger charge is -2.19. The third-order valence-corrected chi connectivity index (χ3v) is 4.67. The van der Waals surface area contributed by atoms with E-state index in [0.29, 0.717) is 12.2 Å². The fourth-order valence-electron chi connectivity index (χ4n) is 3.52. The van der Waals surface area contributed by atoms with Crippen LogP contribution in [0.1, 0.15) is 35.1 Å². The summed E-state index contributed by atoms with van der Waals surface area (Å²) in [5.74, 6) is 0.816. The number of hydrogen-bond donors (Lipinski definition) is 0. The zero-order chi connectivity index (χ0) is 16.5. The van der Waals surface area contributed by atoms with Crippen LogP contribution in [0.5, 0.6) is 5.75 Å². The Morgan fingerprint density at radius 3 is 2.58 bits per heavy atom. The number of benzene rings is 2. The second-order valence-corrected chi connectivity index (χ2v) is 6.46. The standard InChI is InChI=1S/C21H20O3/c1-14-11-18(23-13-15-7-3-2-4-8-15)20-16-9-5-6-10-17(16)21(22)24-19(20)12-14/h2-4,7-8,11-12H,5-6,9-10,13H2,1H3. The maximum atomic E-state index is 12.3. The lowest BCUT2D eigenvalue weighted by molar-refractivity contribution is 0.309. The van der Waals surface area contributed by atoms with Gasteiger partial charge in [0.1, 0.15) is 17.9 Å². The monoisotopic (exact) mass is 320 g/mol. The molecule has 3 heteroatoms. The van der Waals surface area contributed by atoms with Gasteiger partial charge in [-0.1, -0.05) is 30.3 Å². The van der Waals surface area contributed by atoms with Gasteiger partial charge in [-0.2, -0.15) is 0 Å². The Hall–Kier alpha value is -2.55. The van der Waals surface area contributed by atoms with Crippen molar-refractivity contribution in [3.63, 3.8) is 0 Å². The molecule has 0 N–H and O–H groups in total. The summed E-state index contributed by atoms with van der Waals surface area (Å²) in [5.41, 5.74) is 4.57. The molecule has 24 heavy (non-hydrogen) atoms. The van der Waals surface area contributed by atoms with Crippen molar-refractivity contribution in [3.05, 3.63) is 75.1 Å². The largest absolute Gasteiger partial charge is 0.488 e. The van der Waals surface area contributed by atoms with Gasteiger partial charge >= 0.3 is 5.63 Å². The molecule has 122 valence electrons. The fraction of sp³-hybridized carbons (Fsp3) is 0.286. The minimum atomic E-state index is -0.184. The molecule has 0 amide bonds. The lowest BCUT2D eigenvalue weighted by Crippen LogP contribution is -2.16. The molecule has 0 atom stereocenters. The van der Waals surface area contributed by atoms with Crippen molar-refractivity contribution in [2.24, 2.45) is 0 Å². The second kappa shape index (κ2) is 6.16. The van der Waals surface area contributed by atoms with E-state index in [9.17, 15) is 4.79 Å². The highest BCUT2D eigenvalue weighted by Gasteiger charge is 2.21. The quantitative estimate of drug-likeness (QED) is 0.664. The Kier molecular flexibility index (Phi) is 3.85. The number of fused-ring (bicyclic) bond motifs is 3. The molecule has 1 heterocycles. The lowest BCUT2D eigenvalue weighted by atomic mass is 9.90. The van der Waals surface area contributed by atoms with E-state index in [1.807, 2.05) is 49.4 Å². The Balaban J connectivity index is 1.83. The average molecular weight is 320 g/mol. The van der Waals surface area contributed by atoms with E-state index in [-0.39, 0.29) is 5.63 Å². The van der Waals surface area contributed by atoms with Gasteiger partial charge in [0.2, 0.25) is 0 Å². The van der Waals surface area contributed by atoms with Gasteiger partial charge in [0, 0.05) is 5.56 Å². The fourth-order valence-corrected chi connectivity index (χ4v) is 3.52. The summed E-state index contributed by atoms with van der Waals surface area (Å²) < 4.78 is 11.7. The first-order valence-corrected chi connectivity index (χ1v) is 8.48. The van der Waals surface area contributed by atoms with E-state index in [4.69, 9.17) is 9.15 Å². The van der Waals surface area contributed by atoms with E-state index in [2.05, 4.69) is 0 Å². The molecule has 0 bridgehead atoms. The predicted octanol–water partition coefficient (Wildman–Crippen LogP) is 4.56. The zero-order valence-electron chi connectivity index (χ0n) is 13.8. The van der Waals surface area contributed by atoms with E-state index < -0.39 is 0 Å². The highest BCUT2D eigenvalue weighted by atomic mass is 16.5. The Morgan fingerprint density at radius 2 is 1.79 bits per heavy atom. The molecule has 1 aromatic heterocycles. The first-order valence-electron chi connectivity index (χ1n) is 8.48. The van der Waals surface area contributed by atoms with Gasteiger partial charge in [-0.25, -0.2) is 4.79 Å². The predicted molar refractivity (Wildman–Crippen MR) is 94.6 cm³/mol. The summed E-state index contributed by atoms with van der Waals surface area (Å²) in [6.45, 7) is 2.50. The molecule has 2 aromatic carbocycles. The molecule has 0 spiro atoms. The summed E-state index contributed by atoms with van der Waals surface area (Å²) in [4.78, 5) is 12.3. The number of aryl methyl sites for hydroxylation is 2. The molecule has 0 unspecified atom stereocenters. The number of rotatable bonds is 3. The van der Waals surface area contributed by atoms with Gasteiger partial charge in [0.05, 0.1) is 5.39 Å². The normalized spacial score (nSPS) is 13.7. The van der Waals surface area contributed by atoms with Crippen molar-refractivity contribution in [2.75, 3.05) is 0 Å². The zero-order valence-corrected chi connectivity index (χ0v) is 13.8. The van der Waals surface area contributed by atoms with Gasteiger partial charge in [0.25, 0.3) is 0 Å². The summed E-state index contributed by atoms with van der Waals surface area (Å²) >= 11 is 0. The Bertz CT molecular complexity index is 939. The molecule has 0 fully saturated rings. The number of ether oxygens (including phenoxy) is 1. The average Bonchev–Trinajstić information content (AvgIpc) is 2.60. The van der Waals surface area contributed by atoms with E-state index in [1.54, 1.807) is 0 Å². The van der Waals surface area contributed by atoms with Crippen LogP contribution in [0.4, 0.5) is 0 Å². The minimum Gasteiger partial charge on any atom is -0.488 e. The Labute approximate surface area is 140 Å². The summed E-state index contributed by atoms with van der Waals surface area (Å²) in [5, 5.41) is 0.978. The molecule has 3 aromatic rings. The van der Waals surface area contributed by atoms with Crippen molar-refractivity contribution in [1.29, 1.82) is 0 Å². The molecule has 0 aliphatic heterocycles. The third kappa shape index (κ3) is 2.71. The van der Waals surface area contributed by atoms with Crippen LogP contribution in [0, 0.1) is 6.92 Å². The third-order valence-electron chi connectivity index (χ3n) is 4.67. The van der Waals surface area contributed by atoms with Gasteiger partial charge in [-0.3, -0.25) is 0 Å². The van der Waals surface area contributed by atoms with Crippen LogP contribution >= 0.6 is 0 Å². The topological polar surface area (TPSA) is 39.4 Å². The summed E-state index contributed by atoms with van der Waals surface area (Å²) in [6, 6.07) is 14.1. The SMILES string of the molecule is Cc1cc(OCc2ccccc2)c2c3c(c(=O)oc2c1)CCCC3. The van der Waals surface area contributed by atoms with Crippen LogP contribution in [-0.2, 0) is 19.4 Å². The maximum Gasteiger partial charge on any atom is 0.339 e. The van der Waals surface area contributed by atoms with Crippen LogP contribution in [-0.4, -0.2) is 0 Å². The van der Waals surface area contributed by atoms with Crippen molar-refractivity contribution < 1.29 is 9.15 Å². The van der Waals surface area contributed by atoms with E-state index in [0.717, 1.165) is 59.1 Å². The van der Waals surface area contributed by atoms with E-state index in [1.165, 1.54) is 0 Å². The maximum absolute atomic E-state index is 12.3. The number of hydrogen-bond acceptors (Lipinski definition) is 3. The molecular weight excluding hydrogens is 300 g/mol. The van der Waals surface area contributed by atoms with Crippen LogP contribution in [0.3, 0.4) is 0 Å². The van der Waals surface area contributed by atoms with Gasteiger partial charge in [0.15, 0.2) is 0 Å². The molecule has 3 nitrogen and oxygen atoms in total. The highest BCUT2D eigenvalue weighted by molar-refractivity contribution is 5.88. The molecule has 4 rings (SSSR count). The van der Waals surface area contributed by atoms with Crippen molar-refractivity contribution in [1.82, 2.24) is 0 Å². The first kappa shape index (κ1) is 15.0. The molecule has 0 saturated heterocycles. The molecule has 0 saturated carbocycles. The van der Waals surface area contributed by atoms with Gasteiger partial charge < -0.3 is 9.15 Å². The van der Waals surface area contributed by atoms with E-state index >= 15 is 0 Å². The highest BCUT2D eigenvalue weighted by Crippen LogP contribution is 2.34. The smallest absolute Gasteiger partial charge is 0.339 e. The minimum absolute atomic E-state index is 0.184. The van der Waals surface area contributed by atoms with Crippen molar-refractivity contribution in [2.45, 2.75) is 39.2 Å². The Morgan fingerprint density at radius 1 is 1.04 bits per heavy atom.